The summed E-state index contributed by atoms with van der Waals surface area (Å²) in [6.45, 7) is 3.11. The zero-order chi connectivity index (χ0) is 18.3. The van der Waals surface area contributed by atoms with E-state index in [0.717, 1.165) is 21.1 Å². The Morgan fingerprint density at radius 1 is 1.19 bits per heavy atom. The second-order valence-electron chi connectivity index (χ2n) is 6.27. The van der Waals surface area contributed by atoms with Crippen LogP contribution in [0.5, 0.6) is 0 Å². The number of rotatable bonds is 3. The van der Waals surface area contributed by atoms with Gasteiger partial charge in [-0.2, -0.15) is 0 Å². The van der Waals surface area contributed by atoms with Gasteiger partial charge >= 0.3 is 0 Å². The summed E-state index contributed by atoms with van der Waals surface area (Å²) in [6.07, 6.45) is 0.134. The van der Waals surface area contributed by atoms with Crippen LogP contribution in [-0.2, 0) is 24.3 Å². The third-order valence-electron chi connectivity index (χ3n) is 4.38. The molecule has 4 rings (SSSR count). The molecule has 0 spiro atoms. The summed E-state index contributed by atoms with van der Waals surface area (Å²) in [6, 6.07) is 9.60. The number of anilines is 1. The van der Waals surface area contributed by atoms with Crippen LogP contribution in [0, 0.1) is 12.7 Å². The first-order valence-electron chi connectivity index (χ1n) is 8.24. The molecule has 1 aliphatic rings. The van der Waals surface area contributed by atoms with Crippen molar-refractivity contribution in [2.75, 3.05) is 5.73 Å². The van der Waals surface area contributed by atoms with Gasteiger partial charge in [-0.05, 0) is 43.3 Å². The highest BCUT2D eigenvalue weighted by Gasteiger charge is 2.27. The summed E-state index contributed by atoms with van der Waals surface area (Å²) in [5.74, 6) is -0.326. The Balaban J connectivity index is 1.52. The number of carbonyl (C=O) groups excluding carboxylic acids is 1. The van der Waals surface area contributed by atoms with Crippen LogP contribution in [0.4, 0.5) is 10.1 Å². The van der Waals surface area contributed by atoms with Gasteiger partial charge in [-0.1, -0.05) is 0 Å². The first-order chi connectivity index (χ1) is 12.5. The standard InChI is InChI=1S/C19H17FN4OS/c1-11-22-17-9-24(10-18(17)26-11)19(25)8-16-14(21)6-7-15(23-16)12-2-4-13(20)5-3-12/h2-7H,8-10,21H2,1H3. The van der Waals surface area contributed by atoms with Gasteiger partial charge in [0.15, 0.2) is 0 Å². The van der Waals surface area contributed by atoms with Crippen LogP contribution >= 0.6 is 11.3 Å². The lowest BCUT2D eigenvalue weighted by molar-refractivity contribution is -0.131. The molecule has 0 radical (unpaired) electrons. The molecule has 26 heavy (non-hydrogen) atoms. The molecule has 0 fully saturated rings. The summed E-state index contributed by atoms with van der Waals surface area (Å²) in [4.78, 5) is 24.6. The first kappa shape index (κ1) is 16.7. The van der Waals surface area contributed by atoms with Crippen molar-refractivity contribution < 1.29 is 9.18 Å². The average Bonchev–Trinajstić information content (AvgIpc) is 3.15. The molecule has 0 bridgehead atoms. The van der Waals surface area contributed by atoms with Gasteiger partial charge in [0.1, 0.15) is 5.82 Å². The number of nitrogens with zero attached hydrogens (tertiary/aromatic N) is 3. The molecule has 132 valence electrons. The van der Waals surface area contributed by atoms with E-state index >= 15 is 0 Å². The number of hydrogen-bond acceptors (Lipinski definition) is 5. The fourth-order valence-corrected chi connectivity index (χ4v) is 4.00. The molecular weight excluding hydrogens is 351 g/mol. The number of nitrogen functional groups attached to an aromatic ring is 1. The van der Waals surface area contributed by atoms with E-state index in [2.05, 4.69) is 9.97 Å². The van der Waals surface area contributed by atoms with E-state index < -0.39 is 0 Å². The molecule has 2 aromatic heterocycles. The predicted octanol–water partition coefficient (Wildman–Crippen LogP) is 3.32. The smallest absolute Gasteiger partial charge is 0.229 e. The van der Waals surface area contributed by atoms with E-state index in [4.69, 9.17) is 5.73 Å². The summed E-state index contributed by atoms with van der Waals surface area (Å²) in [5, 5.41) is 1.03. The van der Waals surface area contributed by atoms with Crippen molar-refractivity contribution in [1.82, 2.24) is 14.9 Å². The molecule has 0 unspecified atom stereocenters. The van der Waals surface area contributed by atoms with Gasteiger partial charge in [-0.25, -0.2) is 9.37 Å². The van der Waals surface area contributed by atoms with Gasteiger partial charge in [0, 0.05) is 10.4 Å². The molecule has 3 heterocycles. The van der Waals surface area contributed by atoms with E-state index in [-0.39, 0.29) is 18.1 Å². The second-order valence-corrected chi connectivity index (χ2v) is 7.56. The molecule has 0 aliphatic carbocycles. The molecule has 1 aliphatic heterocycles. The van der Waals surface area contributed by atoms with E-state index in [1.807, 2.05) is 6.92 Å². The number of pyridine rings is 1. The maximum Gasteiger partial charge on any atom is 0.229 e. The van der Waals surface area contributed by atoms with Gasteiger partial charge in [-0.15, -0.1) is 11.3 Å². The normalized spacial score (nSPS) is 13.1. The number of halogens is 1. The molecule has 1 aromatic carbocycles. The van der Waals surface area contributed by atoms with Crippen LogP contribution in [0.25, 0.3) is 11.3 Å². The number of benzene rings is 1. The molecule has 1 amide bonds. The Morgan fingerprint density at radius 2 is 1.96 bits per heavy atom. The molecule has 2 N–H and O–H groups in total. The lowest BCUT2D eigenvalue weighted by Crippen LogP contribution is -2.27. The van der Waals surface area contributed by atoms with Crippen LogP contribution in [0.3, 0.4) is 0 Å². The van der Waals surface area contributed by atoms with E-state index in [1.165, 1.54) is 12.1 Å². The minimum atomic E-state index is -0.301. The molecule has 0 atom stereocenters. The zero-order valence-electron chi connectivity index (χ0n) is 14.2. The van der Waals surface area contributed by atoms with Crippen LogP contribution < -0.4 is 5.73 Å². The van der Waals surface area contributed by atoms with Crippen LogP contribution in [0.1, 0.15) is 21.3 Å². The fraction of sp³-hybridized carbons (Fsp3) is 0.211. The average molecular weight is 368 g/mol. The topological polar surface area (TPSA) is 72.1 Å². The van der Waals surface area contributed by atoms with E-state index in [9.17, 15) is 9.18 Å². The Morgan fingerprint density at radius 3 is 2.69 bits per heavy atom. The summed E-state index contributed by atoms with van der Waals surface area (Å²) >= 11 is 1.63. The van der Waals surface area contributed by atoms with Crippen molar-refractivity contribution in [3.05, 3.63) is 63.5 Å². The molecule has 7 heteroatoms. The van der Waals surface area contributed by atoms with Gasteiger partial charge in [0.2, 0.25) is 5.91 Å². The summed E-state index contributed by atoms with van der Waals surface area (Å²) in [5.41, 5.74) is 9.47. The SMILES string of the molecule is Cc1nc2c(s1)CN(C(=O)Cc1nc(-c3ccc(F)cc3)ccc1N)C2. The summed E-state index contributed by atoms with van der Waals surface area (Å²) in [7, 11) is 0. The number of aromatic nitrogens is 2. The van der Waals surface area contributed by atoms with Crippen molar-refractivity contribution >= 4 is 22.9 Å². The maximum atomic E-state index is 13.1. The number of carbonyl (C=O) groups is 1. The fourth-order valence-electron chi connectivity index (χ4n) is 3.04. The minimum absolute atomic E-state index is 0.0247. The highest BCUT2D eigenvalue weighted by Crippen LogP contribution is 2.28. The predicted molar refractivity (Wildman–Crippen MR) is 98.9 cm³/mol. The van der Waals surface area contributed by atoms with Crippen molar-refractivity contribution in [2.45, 2.75) is 26.4 Å². The largest absolute Gasteiger partial charge is 0.397 e. The highest BCUT2D eigenvalue weighted by atomic mass is 32.1. The number of fused-ring (bicyclic) bond motifs is 1. The van der Waals surface area contributed by atoms with Gasteiger partial charge in [-0.3, -0.25) is 9.78 Å². The molecule has 0 saturated carbocycles. The monoisotopic (exact) mass is 368 g/mol. The lowest BCUT2D eigenvalue weighted by atomic mass is 10.1. The summed E-state index contributed by atoms with van der Waals surface area (Å²) < 4.78 is 13.1. The third-order valence-corrected chi connectivity index (χ3v) is 5.38. The van der Waals surface area contributed by atoms with Crippen LogP contribution in [0.15, 0.2) is 36.4 Å². The van der Waals surface area contributed by atoms with Crippen molar-refractivity contribution in [2.24, 2.45) is 0 Å². The Hall–Kier alpha value is -2.80. The molecule has 5 nitrogen and oxygen atoms in total. The Kier molecular flexibility index (Phi) is 4.16. The third kappa shape index (κ3) is 3.17. The van der Waals surface area contributed by atoms with Crippen LogP contribution in [0.2, 0.25) is 0 Å². The molecule has 3 aromatic rings. The Bertz CT molecular complexity index is 960. The van der Waals surface area contributed by atoms with E-state index in [0.29, 0.717) is 30.2 Å². The maximum absolute atomic E-state index is 13.1. The first-order valence-corrected chi connectivity index (χ1v) is 9.05. The lowest BCUT2D eigenvalue weighted by Gasteiger charge is -2.16. The highest BCUT2D eigenvalue weighted by molar-refractivity contribution is 7.11. The van der Waals surface area contributed by atoms with Crippen molar-refractivity contribution in [3.8, 4) is 11.3 Å². The molecular formula is C19H17FN4OS. The van der Waals surface area contributed by atoms with Gasteiger partial charge < -0.3 is 10.6 Å². The van der Waals surface area contributed by atoms with Gasteiger partial charge in [0.25, 0.3) is 0 Å². The number of thiazole rings is 1. The van der Waals surface area contributed by atoms with Crippen LogP contribution in [-0.4, -0.2) is 20.8 Å². The number of nitrogens with two attached hydrogens (primary N) is 1. The number of amides is 1. The van der Waals surface area contributed by atoms with Crippen molar-refractivity contribution in [1.29, 1.82) is 0 Å². The quantitative estimate of drug-likeness (QED) is 0.770. The van der Waals surface area contributed by atoms with E-state index in [1.54, 1.807) is 40.5 Å². The minimum Gasteiger partial charge on any atom is -0.397 e. The Labute approximate surface area is 154 Å². The zero-order valence-corrected chi connectivity index (χ0v) is 15.0. The second kappa shape index (κ2) is 6.49. The number of aryl methyl sites for hydroxylation is 1. The van der Waals surface area contributed by atoms with Gasteiger partial charge in [0.05, 0.1) is 47.3 Å². The molecule has 0 saturated heterocycles. The number of hydrogen-bond donors (Lipinski definition) is 1. The van der Waals surface area contributed by atoms with Crippen molar-refractivity contribution in [3.63, 3.8) is 0 Å².